The summed E-state index contributed by atoms with van der Waals surface area (Å²) >= 11 is 0. The van der Waals surface area contributed by atoms with Crippen LogP contribution in [0.2, 0.25) is 0 Å². The molecule has 0 N–H and O–H groups in total. The van der Waals surface area contributed by atoms with Gasteiger partial charge in [-0.1, -0.05) is 49.1 Å². The molecule has 1 aromatic rings. The molecule has 0 aliphatic heterocycles. The van der Waals surface area contributed by atoms with Crippen LogP contribution in [0.15, 0.2) is 24.3 Å². The molecule has 0 heteroatoms. The summed E-state index contributed by atoms with van der Waals surface area (Å²) in [7, 11) is 0. The number of hydrogen-bond acceptors (Lipinski definition) is 0. The van der Waals surface area contributed by atoms with E-state index in [1.54, 1.807) is 5.56 Å². The van der Waals surface area contributed by atoms with Crippen LogP contribution < -0.4 is 0 Å². The lowest BCUT2D eigenvalue weighted by Gasteiger charge is -2.31. The Balaban J connectivity index is 1.84. The number of aryl methyl sites for hydroxylation is 1. The molecule has 2 saturated carbocycles. The molecule has 0 saturated heterocycles. The topological polar surface area (TPSA) is 0 Å². The predicted molar refractivity (Wildman–Crippen MR) is 68.7 cm³/mol. The van der Waals surface area contributed by atoms with Crippen molar-refractivity contribution in [2.75, 3.05) is 0 Å². The molecule has 0 atom stereocenters. The highest BCUT2D eigenvalue weighted by molar-refractivity contribution is 5.34. The molecule has 0 heterocycles. The minimum absolute atomic E-state index is 0.605. The van der Waals surface area contributed by atoms with E-state index in [4.69, 9.17) is 0 Å². The number of hydrogen-bond donors (Lipinski definition) is 0. The highest BCUT2D eigenvalue weighted by Crippen LogP contribution is 2.57. The van der Waals surface area contributed by atoms with Crippen molar-refractivity contribution in [2.24, 2.45) is 5.92 Å². The van der Waals surface area contributed by atoms with Crippen LogP contribution >= 0.6 is 0 Å². The maximum atomic E-state index is 2.39. The largest absolute Gasteiger partial charge is 0.0590 e. The van der Waals surface area contributed by atoms with Crippen LogP contribution in [0.3, 0.4) is 0 Å². The van der Waals surface area contributed by atoms with Crippen LogP contribution in [0, 0.1) is 12.8 Å². The second-order valence-electron chi connectivity index (χ2n) is 5.86. The zero-order valence-electron chi connectivity index (χ0n) is 10.3. The summed E-state index contributed by atoms with van der Waals surface area (Å²) in [6.45, 7) is 2.18. The quantitative estimate of drug-likeness (QED) is 0.674. The minimum Gasteiger partial charge on any atom is -0.0590 e. The Kier molecular flexibility index (Phi) is 2.53. The monoisotopic (exact) mass is 214 g/mol. The summed E-state index contributed by atoms with van der Waals surface area (Å²) in [4.78, 5) is 0. The standard InChI is InChI=1S/C16H22/c1-13-7-9-15(10-8-13)16(11-12-16)14-5-3-2-4-6-14/h7-10,14H,2-6,11-12H2,1H3. The Labute approximate surface area is 99.1 Å². The van der Waals surface area contributed by atoms with Gasteiger partial charge in [0.05, 0.1) is 0 Å². The summed E-state index contributed by atoms with van der Waals surface area (Å²) in [5, 5.41) is 0. The molecule has 3 rings (SSSR count). The zero-order chi connectivity index (χ0) is 11.0. The predicted octanol–water partition coefficient (Wildman–Crippen LogP) is 4.61. The highest BCUT2D eigenvalue weighted by Gasteiger charge is 2.49. The van der Waals surface area contributed by atoms with Gasteiger partial charge in [0, 0.05) is 0 Å². The van der Waals surface area contributed by atoms with Crippen LogP contribution in [0.1, 0.15) is 56.1 Å². The van der Waals surface area contributed by atoms with Crippen LogP contribution in [-0.4, -0.2) is 0 Å². The van der Waals surface area contributed by atoms with Crippen LogP contribution in [0.25, 0.3) is 0 Å². The van der Waals surface area contributed by atoms with Crippen molar-refractivity contribution in [3.05, 3.63) is 35.4 Å². The summed E-state index contributed by atoms with van der Waals surface area (Å²) < 4.78 is 0. The Morgan fingerprint density at radius 1 is 0.938 bits per heavy atom. The Morgan fingerprint density at radius 2 is 1.56 bits per heavy atom. The van der Waals surface area contributed by atoms with Gasteiger partial charge < -0.3 is 0 Å². The molecule has 0 spiro atoms. The van der Waals surface area contributed by atoms with Crippen molar-refractivity contribution in [1.82, 2.24) is 0 Å². The van der Waals surface area contributed by atoms with Crippen molar-refractivity contribution in [3.63, 3.8) is 0 Å². The fourth-order valence-electron chi connectivity index (χ4n) is 3.61. The van der Waals surface area contributed by atoms with Gasteiger partial charge in [0.1, 0.15) is 0 Å². The summed E-state index contributed by atoms with van der Waals surface area (Å²) in [5.74, 6) is 0.990. The highest BCUT2D eigenvalue weighted by atomic mass is 14.5. The molecule has 2 aliphatic carbocycles. The smallest absolute Gasteiger partial charge is 0.00181 e. The molecule has 0 unspecified atom stereocenters. The maximum absolute atomic E-state index is 2.39. The number of rotatable bonds is 2. The first kappa shape index (κ1) is 10.4. The van der Waals surface area contributed by atoms with Gasteiger partial charge in [-0.05, 0) is 49.5 Å². The van der Waals surface area contributed by atoms with Crippen molar-refractivity contribution < 1.29 is 0 Å². The normalized spacial score (nSPS) is 24.3. The van der Waals surface area contributed by atoms with Gasteiger partial charge >= 0.3 is 0 Å². The summed E-state index contributed by atoms with van der Waals surface area (Å²) in [5.41, 5.74) is 3.63. The molecular weight excluding hydrogens is 192 g/mol. The Bertz CT molecular complexity index is 350. The van der Waals surface area contributed by atoms with Crippen molar-refractivity contribution >= 4 is 0 Å². The SMILES string of the molecule is Cc1ccc(C2(C3CCCCC3)CC2)cc1. The molecule has 0 radical (unpaired) electrons. The van der Waals surface area contributed by atoms with Crippen LogP contribution in [0.5, 0.6) is 0 Å². The third-order valence-electron chi connectivity index (χ3n) is 4.80. The van der Waals surface area contributed by atoms with Crippen LogP contribution in [0.4, 0.5) is 0 Å². The lowest BCUT2D eigenvalue weighted by Crippen LogP contribution is -2.22. The molecule has 0 nitrogen and oxygen atoms in total. The zero-order valence-corrected chi connectivity index (χ0v) is 10.3. The van der Waals surface area contributed by atoms with Gasteiger partial charge in [-0.15, -0.1) is 0 Å². The third kappa shape index (κ3) is 1.69. The second-order valence-corrected chi connectivity index (χ2v) is 5.86. The van der Waals surface area contributed by atoms with E-state index in [0.717, 1.165) is 5.92 Å². The second kappa shape index (κ2) is 3.91. The first-order valence-corrected chi connectivity index (χ1v) is 6.88. The molecule has 0 aromatic heterocycles. The maximum Gasteiger partial charge on any atom is -0.00181 e. The van der Waals surface area contributed by atoms with E-state index >= 15 is 0 Å². The third-order valence-corrected chi connectivity index (χ3v) is 4.80. The fraction of sp³-hybridized carbons (Fsp3) is 0.625. The van der Waals surface area contributed by atoms with Gasteiger partial charge in [0.2, 0.25) is 0 Å². The van der Waals surface area contributed by atoms with Crippen molar-refractivity contribution in [3.8, 4) is 0 Å². The first-order valence-electron chi connectivity index (χ1n) is 6.88. The molecule has 0 bridgehead atoms. The van der Waals surface area contributed by atoms with Gasteiger partial charge in [0.15, 0.2) is 0 Å². The molecule has 16 heavy (non-hydrogen) atoms. The average molecular weight is 214 g/mol. The molecule has 0 amide bonds. The average Bonchev–Trinajstić information content (AvgIpc) is 3.13. The van der Waals surface area contributed by atoms with E-state index in [2.05, 4.69) is 31.2 Å². The van der Waals surface area contributed by atoms with E-state index in [-0.39, 0.29) is 0 Å². The fourth-order valence-corrected chi connectivity index (χ4v) is 3.61. The first-order chi connectivity index (χ1) is 7.81. The number of benzene rings is 1. The summed E-state index contributed by atoms with van der Waals surface area (Å²) in [6.07, 6.45) is 10.3. The summed E-state index contributed by atoms with van der Waals surface area (Å²) in [6, 6.07) is 9.35. The van der Waals surface area contributed by atoms with E-state index in [9.17, 15) is 0 Å². The molecular formula is C16H22. The minimum atomic E-state index is 0.605. The Morgan fingerprint density at radius 3 is 2.12 bits per heavy atom. The van der Waals surface area contributed by atoms with E-state index in [1.807, 2.05) is 0 Å². The lowest BCUT2D eigenvalue weighted by molar-refractivity contribution is 0.289. The molecule has 1 aromatic carbocycles. The Hall–Kier alpha value is -0.780. The van der Waals surface area contributed by atoms with E-state index in [0.29, 0.717) is 5.41 Å². The van der Waals surface area contributed by atoms with Crippen LogP contribution in [-0.2, 0) is 5.41 Å². The van der Waals surface area contributed by atoms with E-state index in [1.165, 1.54) is 50.5 Å². The molecule has 86 valence electrons. The van der Waals surface area contributed by atoms with Gasteiger partial charge in [-0.3, -0.25) is 0 Å². The molecule has 2 fully saturated rings. The molecule has 2 aliphatic rings. The lowest BCUT2D eigenvalue weighted by atomic mass is 9.74. The van der Waals surface area contributed by atoms with Crippen molar-refractivity contribution in [2.45, 2.75) is 57.3 Å². The van der Waals surface area contributed by atoms with E-state index < -0.39 is 0 Å². The van der Waals surface area contributed by atoms with Gasteiger partial charge in [-0.2, -0.15) is 0 Å². The van der Waals surface area contributed by atoms with Gasteiger partial charge in [0.25, 0.3) is 0 Å². The van der Waals surface area contributed by atoms with Gasteiger partial charge in [-0.25, -0.2) is 0 Å². The van der Waals surface area contributed by atoms with Crippen molar-refractivity contribution in [1.29, 1.82) is 0 Å².